The van der Waals surface area contributed by atoms with Crippen LogP contribution in [-0.2, 0) is 11.3 Å². The number of carbonyl (C=O) groups excluding carboxylic acids is 1. The van der Waals surface area contributed by atoms with Crippen LogP contribution in [0.25, 0.3) is 20.4 Å². The summed E-state index contributed by atoms with van der Waals surface area (Å²) in [6.45, 7) is 1.49. The molecule has 0 radical (unpaired) electrons. The number of amides is 1. The monoisotopic (exact) mass is 444 g/mol. The molecule has 0 fully saturated rings. The lowest BCUT2D eigenvalue weighted by atomic mass is 10.2. The van der Waals surface area contributed by atoms with E-state index in [0.717, 1.165) is 10.2 Å². The Kier molecular flexibility index (Phi) is 5.31. The zero-order valence-electron chi connectivity index (χ0n) is 16.4. The highest BCUT2D eigenvalue weighted by molar-refractivity contribution is 7.25. The standard InChI is InChI=1S/C20H17ClN4O4S/c1-10-23-17-11-5-4-6-22-19(11)30-18(17)20(27)25(10)9-16(26)24-13-7-12(21)14(28-2)8-15(13)29-3/h4-8H,9H2,1-3H3,(H,24,26). The number of ether oxygens (including phenoxy) is 2. The number of pyridine rings is 1. The van der Waals surface area contributed by atoms with Crippen molar-refractivity contribution in [2.75, 3.05) is 19.5 Å². The van der Waals surface area contributed by atoms with Gasteiger partial charge in [0.15, 0.2) is 0 Å². The van der Waals surface area contributed by atoms with Crippen molar-refractivity contribution in [3.05, 3.63) is 51.7 Å². The van der Waals surface area contributed by atoms with Crippen LogP contribution in [0, 0.1) is 6.92 Å². The number of anilines is 1. The maximum atomic E-state index is 13.0. The van der Waals surface area contributed by atoms with Crippen LogP contribution in [0.5, 0.6) is 11.5 Å². The maximum Gasteiger partial charge on any atom is 0.272 e. The Bertz CT molecular complexity index is 1350. The zero-order chi connectivity index (χ0) is 21.4. The van der Waals surface area contributed by atoms with E-state index in [1.54, 1.807) is 25.3 Å². The summed E-state index contributed by atoms with van der Waals surface area (Å²) in [6, 6.07) is 6.79. The zero-order valence-corrected chi connectivity index (χ0v) is 17.9. The van der Waals surface area contributed by atoms with Gasteiger partial charge in [0.2, 0.25) is 5.91 Å². The van der Waals surface area contributed by atoms with E-state index < -0.39 is 5.91 Å². The van der Waals surface area contributed by atoms with Crippen molar-refractivity contribution >= 4 is 55.0 Å². The molecular weight excluding hydrogens is 428 g/mol. The van der Waals surface area contributed by atoms with Crippen LogP contribution < -0.4 is 20.3 Å². The van der Waals surface area contributed by atoms with Crippen LogP contribution >= 0.6 is 22.9 Å². The van der Waals surface area contributed by atoms with E-state index in [9.17, 15) is 9.59 Å². The van der Waals surface area contributed by atoms with Crippen molar-refractivity contribution in [2.24, 2.45) is 0 Å². The number of aromatic nitrogens is 3. The van der Waals surface area contributed by atoms with Crippen molar-refractivity contribution in [2.45, 2.75) is 13.5 Å². The fourth-order valence-electron chi connectivity index (χ4n) is 3.14. The number of thiophene rings is 1. The lowest BCUT2D eigenvalue weighted by Crippen LogP contribution is -2.29. The highest BCUT2D eigenvalue weighted by Gasteiger charge is 2.18. The van der Waals surface area contributed by atoms with Crippen molar-refractivity contribution in [1.29, 1.82) is 0 Å². The van der Waals surface area contributed by atoms with Crippen LogP contribution in [0.3, 0.4) is 0 Å². The smallest absolute Gasteiger partial charge is 0.272 e. The molecule has 4 aromatic rings. The number of benzene rings is 1. The van der Waals surface area contributed by atoms with Crippen LogP contribution in [0.2, 0.25) is 5.02 Å². The first-order valence-corrected chi connectivity index (χ1v) is 10.1. The second-order valence-corrected chi connectivity index (χ2v) is 7.83. The lowest BCUT2D eigenvalue weighted by molar-refractivity contribution is -0.116. The van der Waals surface area contributed by atoms with E-state index in [-0.39, 0.29) is 12.1 Å². The summed E-state index contributed by atoms with van der Waals surface area (Å²) in [7, 11) is 2.96. The topological polar surface area (TPSA) is 95.3 Å². The van der Waals surface area contributed by atoms with Crippen LogP contribution in [0.1, 0.15) is 5.82 Å². The number of fused-ring (bicyclic) bond motifs is 3. The molecule has 0 spiro atoms. The molecule has 1 aromatic carbocycles. The van der Waals surface area contributed by atoms with Gasteiger partial charge in [0, 0.05) is 17.6 Å². The fourth-order valence-corrected chi connectivity index (χ4v) is 4.42. The molecule has 0 saturated carbocycles. The average molecular weight is 445 g/mol. The molecule has 1 N–H and O–H groups in total. The summed E-state index contributed by atoms with van der Waals surface area (Å²) < 4.78 is 12.3. The number of carbonyl (C=O) groups is 1. The van der Waals surface area contributed by atoms with Gasteiger partial charge in [-0.15, -0.1) is 11.3 Å². The van der Waals surface area contributed by atoms with E-state index in [4.69, 9.17) is 21.1 Å². The summed E-state index contributed by atoms with van der Waals surface area (Å²) in [4.78, 5) is 35.3. The molecule has 0 aliphatic rings. The Labute approximate surface area is 180 Å². The molecule has 8 nitrogen and oxygen atoms in total. The molecule has 10 heteroatoms. The molecule has 0 saturated heterocycles. The number of nitrogens with one attached hydrogen (secondary N) is 1. The number of methoxy groups -OCH3 is 2. The number of rotatable bonds is 5. The molecule has 3 aromatic heterocycles. The summed E-state index contributed by atoms with van der Waals surface area (Å²) >= 11 is 7.42. The largest absolute Gasteiger partial charge is 0.495 e. The minimum absolute atomic E-state index is 0.206. The highest BCUT2D eigenvalue weighted by Crippen LogP contribution is 2.36. The fraction of sp³-hybridized carbons (Fsp3) is 0.200. The van der Waals surface area contributed by atoms with Gasteiger partial charge in [-0.2, -0.15) is 0 Å². The number of hydrogen-bond acceptors (Lipinski definition) is 7. The third-order valence-electron chi connectivity index (χ3n) is 4.59. The van der Waals surface area contributed by atoms with Crippen molar-refractivity contribution < 1.29 is 14.3 Å². The molecule has 3 heterocycles. The van der Waals surface area contributed by atoms with Crippen LogP contribution in [0.15, 0.2) is 35.3 Å². The molecule has 4 rings (SSSR count). The minimum Gasteiger partial charge on any atom is -0.495 e. The van der Waals surface area contributed by atoms with Gasteiger partial charge in [0.25, 0.3) is 5.56 Å². The molecule has 1 amide bonds. The maximum absolute atomic E-state index is 13.0. The normalized spacial score (nSPS) is 11.1. The third-order valence-corrected chi connectivity index (χ3v) is 5.98. The first-order chi connectivity index (χ1) is 14.4. The molecule has 0 unspecified atom stereocenters. The Morgan fingerprint density at radius 3 is 2.77 bits per heavy atom. The summed E-state index contributed by atoms with van der Waals surface area (Å²) in [5.41, 5.74) is 0.695. The van der Waals surface area contributed by atoms with Crippen molar-refractivity contribution in [3.63, 3.8) is 0 Å². The van der Waals surface area contributed by atoms with Gasteiger partial charge >= 0.3 is 0 Å². The molecular formula is C20H17ClN4O4S. The second kappa shape index (κ2) is 7.92. The van der Waals surface area contributed by atoms with E-state index in [1.807, 2.05) is 6.07 Å². The molecule has 0 atom stereocenters. The van der Waals surface area contributed by atoms with Gasteiger partial charge in [-0.1, -0.05) is 11.6 Å². The van der Waals surface area contributed by atoms with Gasteiger partial charge in [0.05, 0.1) is 30.4 Å². The first kappa shape index (κ1) is 20.1. The lowest BCUT2D eigenvalue weighted by Gasteiger charge is -2.14. The van der Waals surface area contributed by atoms with Gasteiger partial charge in [-0.25, -0.2) is 9.97 Å². The number of hydrogen-bond donors (Lipinski definition) is 1. The highest BCUT2D eigenvalue weighted by atomic mass is 35.5. The molecule has 30 heavy (non-hydrogen) atoms. The average Bonchev–Trinajstić information content (AvgIpc) is 3.10. The molecule has 0 aliphatic carbocycles. The number of nitrogens with zero attached hydrogens (tertiary/aromatic N) is 3. The Morgan fingerprint density at radius 1 is 1.27 bits per heavy atom. The Morgan fingerprint density at radius 2 is 2.03 bits per heavy atom. The number of aryl methyl sites for hydroxylation is 1. The molecule has 154 valence electrons. The summed E-state index contributed by atoms with van der Waals surface area (Å²) in [5, 5.41) is 3.88. The second-order valence-electron chi connectivity index (χ2n) is 6.42. The Balaban J connectivity index is 1.68. The van der Waals surface area contributed by atoms with E-state index in [2.05, 4.69) is 15.3 Å². The summed E-state index contributed by atoms with van der Waals surface area (Å²) in [5.74, 6) is 0.829. The quantitative estimate of drug-likeness (QED) is 0.505. The number of halogens is 1. The van der Waals surface area contributed by atoms with Crippen LogP contribution in [-0.4, -0.2) is 34.7 Å². The Hall–Kier alpha value is -3.17. The summed E-state index contributed by atoms with van der Waals surface area (Å²) in [6.07, 6.45) is 1.67. The van der Waals surface area contributed by atoms with E-state index in [1.165, 1.54) is 36.2 Å². The van der Waals surface area contributed by atoms with Gasteiger partial charge < -0.3 is 14.8 Å². The van der Waals surface area contributed by atoms with Crippen molar-refractivity contribution in [3.8, 4) is 11.5 Å². The third kappa shape index (κ3) is 3.46. The molecule has 0 bridgehead atoms. The predicted octanol–water partition coefficient (Wildman–Crippen LogP) is 3.62. The van der Waals surface area contributed by atoms with E-state index >= 15 is 0 Å². The SMILES string of the molecule is COc1cc(OC)c(NC(=O)Cn2c(C)nc3c(sc4ncccc43)c2=O)cc1Cl. The van der Waals surface area contributed by atoms with Gasteiger partial charge in [-0.3, -0.25) is 14.2 Å². The minimum atomic E-state index is -0.417. The van der Waals surface area contributed by atoms with Crippen molar-refractivity contribution in [1.82, 2.24) is 14.5 Å². The predicted molar refractivity (Wildman–Crippen MR) is 117 cm³/mol. The van der Waals surface area contributed by atoms with Crippen LogP contribution in [0.4, 0.5) is 5.69 Å². The van der Waals surface area contributed by atoms with E-state index in [0.29, 0.717) is 38.3 Å². The van der Waals surface area contributed by atoms with Gasteiger partial charge in [0.1, 0.15) is 33.4 Å². The first-order valence-electron chi connectivity index (χ1n) is 8.89. The molecule has 0 aliphatic heterocycles. The van der Waals surface area contributed by atoms with Gasteiger partial charge in [-0.05, 0) is 25.1 Å².